The monoisotopic (exact) mass is 258 g/mol. The van der Waals surface area contributed by atoms with E-state index in [-0.39, 0.29) is 0 Å². The molecule has 102 valence electrons. The molecule has 0 aromatic heterocycles. The zero-order chi connectivity index (χ0) is 13.3. The number of nitrogens with two attached hydrogens (primary N) is 1. The third-order valence-electron chi connectivity index (χ3n) is 3.29. The van der Waals surface area contributed by atoms with Gasteiger partial charge in [0.2, 0.25) is 0 Å². The van der Waals surface area contributed by atoms with E-state index in [0.29, 0.717) is 6.54 Å². The van der Waals surface area contributed by atoms with Crippen molar-refractivity contribution >= 4 is 0 Å². The van der Waals surface area contributed by atoms with Crippen LogP contribution < -0.4 is 10.5 Å². The lowest BCUT2D eigenvalue weighted by atomic mass is 10.1. The van der Waals surface area contributed by atoms with E-state index in [0.717, 1.165) is 24.5 Å². The minimum absolute atomic E-state index is 0.389. The number of hydrogen-bond acceptors (Lipinski definition) is 3. The van der Waals surface area contributed by atoms with Gasteiger partial charge in [-0.2, -0.15) is 0 Å². The van der Waals surface area contributed by atoms with E-state index in [4.69, 9.17) is 10.5 Å². The number of benzene rings is 1. The fraction of sp³-hybridized carbons (Fsp3) is 0.500. The lowest BCUT2D eigenvalue weighted by Gasteiger charge is -2.26. The lowest BCUT2D eigenvalue weighted by Crippen LogP contribution is -2.33. The minimum atomic E-state index is 0.389. The average Bonchev–Trinajstić information content (AvgIpc) is 2.47. The van der Waals surface area contributed by atoms with Crippen LogP contribution in [-0.2, 0) is 0 Å². The Morgan fingerprint density at radius 3 is 2.84 bits per heavy atom. The summed E-state index contributed by atoms with van der Waals surface area (Å²) in [5.41, 5.74) is 6.33. The summed E-state index contributed by atoms with van der Waals surface area (Å²) in [5.74, 6) is 6.76. The van der Waals surface area contributed by atoms with E-state index < -0.39 is 0 Å². The number of hydrogen-bond donors (Lipinski definition) is 1. The Hall–Kier alpha value is -1.50. The maximum absolute atomic E-state index is 5.79. The van der Waals surface area contributed by atoms with Gasteiger partial charge in [-0.15, -0.1) is 0 Å². The molecule has 1 aromatic carbocycles. The largest absolute Gasteiger partial charge is 0.492 e. The van der Waals surface area contributed by atoms with Crippen molar-refractivity contribution in [3.63, 3.8) is 0 Å². The summed E-state index contributed by atoms with van der Waals surface area (Å²) in [6.45, 7) is 4.57. The van der Waals surface area contributed by atoms with Crippen LogP contribution in [0.2, 0.25) is 0 Å². The molecule has 0 aliphatic carbocycles. The Morgan fingerprint density at radius 2 is 2.05 bits per heavy atom. The first-order chi connectivity index (χ1) is 9.38. The molecule has 1 fully saturated rings. The molecule has 0 saturated carbocycles. The molecule has 0 unspecified atom stereocenters. The van der Waals surface area contributed by atoms with Crippen LogP contribution in [0, 0.1) is 11.8 Å². The lowest BCUT2D eigenvalue weighted by molar-refractivity contribution is 0.183. The average molecular weight is 258 g/mol. The molecule has 0 radical (unpaired) electrons. The summed E-state index contributed by atoms with van der Waals surface area (Å²) >= 11 is 0. The summed E-state index contributed by atoms with van der Waals surface area (Å²) in [7, 11) is 0. The summed E-state index contributed by atoms with van der Waals surface area (Å²) in [4.78, 5) is 2.47. The fourth-order valence-corrected chi connectivity index (χ4v) is 2.29. The Balaban J connectivity index is 1.78. The second kappa shape index (κ2) is 7.83. The minimum Gasteiger partial charge on any atom is -0.492 e. The first-order valence-electron chi connectivity index (χ1n) is 7.02. The van der Waals surface area contributed by atoms with Crippen LogP contribution in [0.5, 0.6) is 5.75 Å². The fourth-order valence-electron chi connectivity index (χ4n) is 2.29. The molecule has 2 N–H and O–H groups in total. The first kappa shape index (κ1) is 13.9. The highest BCUT2D eigenvalue weighted by molar-refractivity contribution is 5.39. The van der Waals surface area contributed by atoms with E-state index in [9.17, 15) is 0 Å². The predicted molar refractivity (Wildman–Crippen MR) is 78.2 cm³/mol. The van der Waals surface area contributed by atoms with E-state index in [2.05, 4.69) is 16.7 Å². The van der Waals surface area contributed by atoms with Crippen molar-refractivity contribution in [2.45, 2.75) is 19.3 Å². The Bertz CT molecular complexity index is 442. The van der Waals surface area contributed by atoms with Gasteiger partial charge in [0.15, 0.2) is 0 Å². The Labute approximate surface area is 115 Å². The van der Waals surface area contributed by atoms with Crippen molar-refractivity contribution in [3.05, 3.63) is 29.8 Å². The molecule has 3 heteroatoms. The summed E-state index contributed by atoms with van der Waals surface area (Å²) in [5, 5.41) is 0. The predicted octanol–water partition coefficient (Wildman–Crippen LogP) is 1.86. The molecule has 0 amide bonds. The molecule has 19 heavy (non-hydrogen) atoms. The smallest absolute Gasteiger partial charge is 0.120 e. The Kier molecular flexibility index (Phi) is 5.74. The SMILES string of the molecule is NCC#Cc1cccc(OCCN2CCCCC2)c1. The molecule has 0 spiro atoms. The highest BCUT2D eigenvalue weighted by atomic mass is 16.5. The van der Waals surface area contributed by atoms with Gasteiger partial charge in [-0.1, -0.05) is 24.3 Å². The number of piperidine rings is 1. The molecular weight excluding hydrogens is 236 g/mol. The molecule has 1 aliphatic rings. The topological polar surface area (TPSA) is 38.5 Å². The standard InChI is InChI=1S/C16H22N2O/c17-9-5-7-15-6-4-8-16(14-15)19-13-12-18-10-2-1-3-11-18/h4,6,8,14H,1-3,9-13,17H2. The van der Waals surface area contributed by atoms with E-state index >= 15 is 0 Å². The quantitative estimate of drug-likeness (QED) is 0.838. The maximum atomic E-state index is 5.79. The summed E-state index contributed by atoms with van der Waals surface area (Å²) < 4.78 is 5.79. The molecule has 1 heterocycles. The molecule has 1 aromatic rings. The van der Waals surface area contributed by atoms with E-state index in [1.807, 2.05) is 24.3 Å². The highest BCUT2D eigenvalue weighted by Gasteiger charge is 2.09. The van der Waals surface area contributed by atoms with Crippen molar-refractivity contribution < 1.29 is 4.74 Å². The van der Waals surface area contributed by atoms with Gasteiger partial charge in [0.25, 0.3) is 0 Å². The van der Waals surface area contributed by atoms with Gasteiger partial charge in [0.05, 0.1) is 6.54 Å². The van der Waals surface area contributed by atoms with Gasteiger partial charge in [0, 0.05) is 12.1 Å². The molecule has 1 aliphatic heterocycles. The zero-order valence-corrected chi connectivity index (χ0v) is 11.4. The molecule has 0 bridgehead atoms. The number of nitrogens with zero attached hydrogens (tertiary/aromatic N) is 1. The van der Waals surface area contributed by atoms with Crippen LogP contribution >= 0.6 is 0 Å². The Morgan fingerprint density at radius 1 is 1.21 bits per heavy atom. The van der Waals surface area contributed by atoms with Crippen LogP contribution in [0.25, 0.3) is 0 Å². The van der Waals surface area contributed by atoms with Gasteiger partial charge >= 0.3 is 0 Å². The third kappa shape index (κ3) is 4.94. The van der Waals surface area contributed by atoms with Crippen LogP contribution in [0.4, 0.5) is 0 Å². The van der Waals surface area contributed by atoms with Crippen molar-refractivity contribution in [3.8, 4) is 17.6 Å². The van der Waals surface area contributed by atoms with Crippen molar-refractivity contribution in [2.24, 2.45) is 5.73 Å². The van der Waals surface area contributed by atoms with Gasteiger partial charge in [-0.05, 0) is 44.1 Å². The number of likely N-dealkylation sites (tertiary alicyclic amines) is 1. The van der Waals surface area contributed by atoms with E-state index in [1.165, 1.54) is 32.4 Å². The normalized spacial score (nSPS) is 15.6. The third-order valence-corrected chi connectivity index (χ3v) is 3.29. The molecule has 0 atom stereocenters. The van der Waals surface area contributed by atoms with Gasteiger partial charge in [0.1, 0.15) is 12.4 Å². The first-order valence-corrected chi connectivity index (χ1v) is 7.02. The van der Waals surface area contributed by atoms with Crippen molar-refractivity contribution in [1.82, 2.24) is 4.90 Å². The van der Waals surface area contributed by atoms with Crippen molar-refractivity contribution in [2.75, 3.05) is 32.8 Å². The number of ether oxygens (including phenoxy) is 1. The molecular formula is C16H22N2O. The van der Waals surface area contributed by atoms with Gasteiger partial charge in [-0.25, -0.2) is 0 Å². The van der Waals surface area contributed by atoms with E-state index in [1.54, 1.807) is 0 Å². The highest BCUT2D eigenvalue weighted by Crippen LogP contribution is 2.13. The summed E-state index contributed by atoms with van der Waals surface area (Å²) in [6, 6.07) is 7.89. The second-order valence-electron chi connectivity index (χ2n) is 4.78. The zero-order valence-electron chi connectivity index (χ0n) is 11.4. The van der Waals surface area contributed by atoms with Crippen LogP contribution in [0.1, 0.15) is 24.8 Å². The van der Waals surface area contributed by atoms with Gasteiger partial charge in [-0.3, -0.25) is 4.90 Å². The molecule has 2 rings (SSSR count). The summed E-state index contributed by atoms with van der Waals surface area (Å²) in [6.07, 6.45) is 4.02. The van der Waals surface area contributed by atoms with Gasteiger partial charge < -0.3 is 10.5 Å². The van der Waals surface area contributed by atoms with Crippen LogP contribution in [-0.4, -0.2) is 37.7 Å². The number of rotatable bonds is 4. The molecule has 3 nitrogen and oxygen atoms in total. The van der Waals surface area contributed by atoms with Crippen molar-refractivity contribution in [1.29, 1.82) is 0 Å². The van der Waals surface area contributed by atoms with Crippen LogP contribution in [0.15, 0.2) is 24.3 Å². The van der Waals surface area contributed by atoms with Crippen LogP contribution in [0.3, 0.4) is 0 Å². The molecule has 1 saturated heterocycles. The second-order valence-corrected chi connectivity index (χ2v) is 4.78. The maximum Gasteiger partial charge on any atom is 0.120 e.